The van der Waals surface area contributed by atoms with Crippen molar-refractivity contribution in [3.05, 3.63) is 0 Å². The molecule has 1 saturated carbocycles. The van der Waals surface area contributed by atoms with Crippen LogP contribution in [0.15, 0.2) is 0 Å². The van der Waals surface area contributed by atoms with E-state index in [1.807, 2.05) is 0 Å². The van der Waals surface area contributed by atoms with Gasteiger partial charge in [-0.2, -0.15) is 0 Å². The monoisotopic (exact) mass is 337 g/mol. The van der Waals surface area contributed by atoms with Crippen LogP contribution in [0.1, 0.15) is 71.1 Å². The average Bonchev–Trinajstić information content (AvgIpc) is 2.61. The summed E-state index contributed by atoms with van der Waals surface area (Å²) in [7, 11) is 2.24. The van der Waals surface area contributed by atoms with Crippen molar-refractivity contribution < 1.29 is 4.79 Å². The summed E-state index contributed by atoms with van der Waals surface area (Å²) in [4.78, 5) is 17.3. The lowest BCUT2D eigenvalue weighted by Gasteiger charge is -2.39. The maximum absolute atomic E-state index is 12.8. The molecule has 0 atom stereocenters. The van der Waals surface area contributed by atoms with Crippen LogP contribution in [0.4, 0.5) is 0 Å². The lowest BCUT2D eigenvalue weighted by Crippen LogP contribution is -2.44. The number of piperidine rings is 1. The van der Waals surface area contributed by atoms with E-state index in [0.29, 0.717) is 18.9 Å². The third kappa shape index (κ3) is 5.73. The van der Waals surface area contributed by atoms with Crippen LogP contribution in [-0.4, -0.2) is 55.5 Å². The molecule has 0 aromatic carbocycles. The first kappa shape index (κ1) is 19.7. The zero-order valence-electron chi connectivity index (χ0n) is 16.1. The third-order valence-corrected chi connectivity index (χ3v) is 6.30. The average molecular weight is 338 g/mol. The Labute approximate surface area is 149 Å². The first-order valence-electron chi connectivity index (χ1n) is 10.2. The number of carbonyl (C=O) groups excluding carboxylic acids is 1. The molecule has 0 unspecified atom stereocenters. The zero-order chi connectivity index (χ0) is 17.4. The second-order valence-corrected chi connectivity index (χ2v) is 8.38. The van der Waals surface area contributed by atoms with E-state index in [1.165, 1.54) is 45.2 Å². The van der Waals surface area contributed by atoms with Gasteiger partial charge in [-0.3, -0.25) is 4.79 Å². The lowest BCUT2D eigenvalue weighted by atomic mass is 9.71. The minimum Gasteiger partial charge on any atom is -0.343 e. The third-order valence-electron chi connectivity index (χ3n) is 6.30. The predicted molar refractivity (Wildman–Crippen MR) is 101 cm³/mol. The first-order valence-corrected chi connectivity index (χ1v) is 10.2. The molecule has 2 aliphatic rings. The van der Waals surface area contributed by atoms with Gasteiger partial charge >= 0.3 is 0 Å². The largest absolute Gasteiger partial charge is 0.343 e. The maximum atomic E-state index is 12.8. The summed E-state index contributed by atoms with van der Waals surface area (Å²) >= 11 is 0. The quantitative estimate of drug-likeness (QED) is 0.739. The molecule has 1 saturated heterocycles. The summed E-state index contributed by atoms with van der Waals surface area (Å²) in [5, 5.41) is 0. The molecule has 0 spiro atoms. The second-order valence-electron chi connectivity index (χ2n) is 8.38. The fraction of sp³-hybridized carbons (Fsp3) is 0.950. The fourth-order valence-electron chi connectivity index (χ4n) is 4.51. The van der Waals surface area contributed by atoms with Crippen molar-refractivity contribution in [3.8, 4) is 0 Å². The maximum Gasteiger partial charge on any atom is 0.223 e. The highest BCUT2D eigenvalue weighted by molar-refractivity contribution is 5.77. The lowest BCUT2D eigenvalue weighted by molar-refractivity contribution is -0.135. The van der Waals surface area contributed by atoms with Crippen molar-refractivity contribution in [1.82, 2.24) is 9.80 Å². The Morgan fingerprint density at radius 2 is 1.88 bits per heavy atom. The molecule has 0 aromatic heterocycles. The Morgan fingerprint density at radius 1 is 1.21 bits per heavy atom. The van der Waals surface area contributed by atoms with E-state index < -0.39 is 0 Å². The van der Waals surface area contributed by atoms with Crippen molar-refractivity contribution in [3.63, 3.8) is 0 Å². The van der Waals surface area contributed by atoms with E-state index in [2.05, 4.69) is 23.8 Å². The number of hydrogen-bond acceptors (Lipinski definition) is 3. The molecule has 2 fully saturated rings. The molecule has 0 radical (unpaired) electrons. The number of nitrogens with two attached hydrogens (primary N) is 1. The molecule has 1 amide bonds. The molecule has 2 N–H and O–H groups in total. The van der Waals surface area contributed by atoms with Crippen LogP contribution in [0.3, 0.4) is 0 Å². The molecule has 24 heavy (non-hydrogen) atoms. The molecule has 2 rings (SSSR count). The zero-order valence-corrected chi connectivity index (χ0v) is 16.1. The Balaban J connectivity index is 1.74. The van der Waals surface area contributed by atoms with E-state index in [4.69, 9.17) is 5.73 Å². The Morgan fingerprint density at radius 3 is 2.46 bits per heavy atom. The Kier molecular flexibility index (Phi) is 8.02. The normalized spacial score (nSPS) is 22.1. The fourth-order valence-corrected chi connectivity index (χ4v) is 4.51. The summed E-state index contributed by atoms with van der Waals surface area (Å²) < 4.78 is 0. The predicted octanol–water partition coefficient (Wildman–Crippen LogP) is 3.26. The number of carbonyl (C=O) groups is 1. The molecule has 140 valence electrons. The van der Waals surface area contributed by atoms with Crippen LogP contribution < -0.4 is 5.73 Å². The van der Waals surface area contributed by atoms with Gasteiger partial charge in [0.05, 0.1) is 0 Å². The van der Waals surface area contributed by atoms with E-state index in [1.54, 1.807) is 0 Å². The van der Waals surface area contributed by atoms with Crippen LogP contribution in [0.25, 0.3) is 0 Å². The number of likely N-dealkylation sites (tertiary alicyclic amines) is 1. The van der Waals surface area contributed by atoms with E-state index in [0.717, 1.165) is 44.7 Å². The van der Waals surface area contributed by atoms with Gasteiger partial charge in [0.25, 0.3) is 0 Å². The highest BCUT2D eigenvalue weighted by Gasteiger charge is 2.35. The SMILES string of the molecule is CCCCN(C)CC1CCN(C(=O)CC2(CN)CCCCC2)CC1. The van der Waals surface area contributed by atoms with Gasteiger partial charge in [0.1, 0.15) is 0 Å². The van der Waals surface area contributed by atoms with Gasteiger partial charge < -0.3 is 15.5 Å². The van der Waals surface area contributed by atoms with E-state index in [-0.39, 0.29) is 5.41 Å². The van der Waals surface area contributed by atoms with Gasteiger partial charge in [0, 0.05) is 26.1 Å². The molecule has 4 heteroatoms. The van der Waals surface area contributed by atoms with Crippen molar-refractivity contribution >= 4 is 5.91 Å². The van der Waals surface area contributed by atoms with Crippen molar-refractivity contribution in [2.24, 2.45) is 17.1 Å². The van der Waals surface area contributed by atoms with Gasteiger partial charge in [-0.05, 0) is 63.6 Å². The van der Waals surface area contributed by atoms with E-state index >= 15 is 0 Å². The number of rotatable bonds is 8. The van der Waals surface area contributed by atoms with Crippen LogP contribution >= 0.6 is 0 Å². The number of amides is 1. The minimum absolute atomic E-state index is 0.104. The topological polar surface area (TPSA) is 49.6 Å². The standard InChI is InChI=1S/C20H39N3O/c1-3-4-12-22(2)16-18-8-13-23(14-9-18)19(24)15-20(17-21)10-6-5-7-11-20/h18H,3-17,21H2,1-2H3. The van der Waals surface area contributed by atoms with E-state index in [9.17, 15) is 4.79 Å². The number of nitrogens with zero attached hydrogens (tertiary/aromatic N) is 2. The van der Waals surface area contributed by atoms with Crippen LogP contribution in [0, 0.1) is 11.3 Å². The molecule has 1 heterocycles. The van der Waals surface area contributed by atoms with Gasteiger partial charge in [-0.15, -0.1) is 0 Å². The highest BCUT2D eigenvalue weighted by Crippen LogP contribution is 2.39. The van der Waals surface area contributed by atoms with Crippen LogP contribution in [0.2, 0.25) is 0 Å². The summed E-state index contributed by atoms with van der Waals surface area (Å²) in [5.41, 5.74) is 6.16. The first-order chi connectivity index (χ1) is 11.6. The van der Waals surface area contributed by atoms with Crippen molar-refractivity contribution in [1.29, 1.82) is 0 Å². The van der Waals surface area contributed by atoms with Gasteiger partial charge in [-0.25, -0.2) is 0 Å². The minimum atomic E-state index is 0.104. The highest BCUT2D eigenvalue weighted by atomic mass is 16.2. The van der Waals surface area contributed by atoms with Gasteiger partial charge in [0.15, 0.2) is 0 Å². The summed E-state index contributed by atoms with van der Waals surface area (Å²) in [6.45, 7) is 7.22. The molecule has 0 aromatic rings. The molecule has 4 nitrogen and oxygen atoms in total. The molecule has 1 aliphatic carbocycles. The molecule has 0 bridgehead atoms. The van der Waals surface area contributed by atoms with Gasteiger partial charge in [0.2, 0.25) is 5.91 Å². The van der Waals surface area contributed by atoms with Crippen molar-refractivity contribution in [2.75, 3.05) is 39.8 Å². The van der Waals surface area contributed by atoms with Crippen LogP contribution in [-0.2, 0) is 4.79 Å². The Bertz CT molecular complexity index is 371. The van der Waals surface area contributed by atoms with Crippen LogP contribution in [0.5, 0.6) is 0 Å². The van der Waals surface area contributed by atoms with Crippen molar-refractivity contribution in [2.45, 2.75) is 71.1 Å². The summed E-state index contributed by atoms with van der Waals surface area (Å²) in [5.74, 6) is 1.12. The molecular weight excluding hydrogens is 298 g/mol. The number of unbranched alkanes of at least 4 members (excludes halogenated alkanes) is 1. The summed E-state index contributed by atoms with van der Waals surface area (Å²) in [6, 6.07) is 0. The summed E-state index contributed by atoms with van der Waals surface area (Å²) in [6.07, 6.45) is 11.7. The smallest absolute Gasteiger partial charge is 0.223 e. The number of hydrogen-bond donors (Lipinski definition) is 1. The molecule has 1 aliphatic heterocycles. The second kappa shape index (κ2) is 9.76. The van der Waals surface area contributed by atoms with Gasteiger partial charge in [-0.1, -0.05) is 32.6 Å². The molecular formula is C20H39N3O. The Hall–Kier alpha value is -0.610.